The Morgan fingerprint density at radius 3 is 2.57 bits per heavy atom. The van der Waals surface area contributed by atoms with Gasteiger partial charge in [0.05, 0.1) is 20.8 Å². The number of anilines is 1. The van der Waals surface area contributed by atoms with Crippen molar-refractivity contribution in [3.63, 3.8) is 0 Å². The van der Waals surface area contributed by atoms with E-state index in [2.05, 4.69) is 0 Å². The van der Waals surface area contributed by atoms with Gasteiger partial charge >= 0.3 is 0 Å². The maximum Gasteiger partial charge on any atom is 0.251 e. The van der Waals surface area contributed by atoms with Crippen LogP contribution in [-0.4, -0.2) is 18.8 Å². The van der Waals surface area contributed by atoms with Crippen molar-refractivity contribution in [2.45, 2.75) is 6.54 Å². The highest BCUT2D eigenvalue weighted by Crippen LogP contribution is 2.25. The Morgan fingerprint density at radius 2 is 1.83 bits per heavy atom. The highest BCUT2D eigenvalue weighted by Gasteiger charge is 2.08. The SMILES string of the molecule is COc1ccc(Cn2cc3cc(N)ccc3cc2=O)c(OC)c1. The molecule has 0 unspecified atom stereocenters. The maximum atomic E-state index is 12.3. The first-order chi connectivity index (χ1) is 11.1. The van der Waals surface area contributed by atoms with Gasteiger partial charge in [-0.15, -0.1) is 0 Å². The van der Waals surface area contributed by atoms with Crippen LogP contribution in [0.25, 0.3) is 10.8 Å². The number of hydrogen-bond donors (Lipinski definition) is 1. The van der Waals surface area contributed by atoms with E-state index in [0.29, 0.717) is 23.7 Å². The Morgan fingerprint density at radius 1 is 1.00 bits per heavy atom. The fraction of sp³-hybridized carbons (Fsp3) is 0.167. The molecule has 0 bridgehead atoms. The van der Waals surface area contributed by atoms with Gasteiger partial charge in [-0.1, -0.05) is 6.07 Å². The summed E-state index contributed by atoms with van der Waals surface area (Å²) in [5.74, 6) is 1.40. The van der Waals surface area contributed by atoms with Gasteiger partial charge in [-0.05, 0) is 29.7 Å². The van der Waals surface area contributed by atoms with Crippen LogP contribution in [-0.2, 0) is 6.54 Å². The van der Waals surface area contributed by atoms with Crippen molar-refractivity contribution in [1.82, 2.24) is 4.57 Å². The highest BCUT2D eigenvalue weighted by atomic mass is 16.5. The number of rotatable bonds is 4. The number of methoxy groups -OCH3 is 2. The summed E-state index contributed by atoms with van der Waals surface area (Å²) >= 11 is 0. The Bertz CT molecular complexity index is 916. The summed E-state index contributed by atoms with van der Waals surface area (Å²) in [4.78, 5) is 12.3. The zero-order valence-electron chi connectivity index (χ0n) is 13.1. The number of aromatic nitrogens is 1. The fourth-order valence-electron chi connectivity index (χ4n) is 2.57. The van der Waals surface area contributed by atoms with Crippen molar-refractivity contribution in [2.24, 2.45) is 0 Å². The van der Waals surface area contributed by atoms with Crippen LogP contribution in [0.4, 0.5) is 5.69 Å². The molecule has 2 N–H and O–H groups in total. The molecule has 0 aliphatic heterocycles. The van der Waals surface area contributed by atoms with Crippen molar-refractivity contribution >= 4 is 16.5 Å². The highest BCUT2D eigenvalue weighted by molar-refractivity contribution is 5.84. The fourth-order valence-corrected chi connectivity index (χ4v) is 2.57. The number of fused-ring (bicyclic) bond motifs is 1. The predicted octanol–water partition coefficient (Wildman–Crippen LogP) is 2.65. The molecule has 3 aromatic rings. The van der Waals surface area contributed by atoms with E-state index in [-0.39, 0.29) is 5.56 Å². The zero-order chi connectivity index (χ0) is 16.4. The summed E-state index contributed by atoms with van der Waals surface area (Å²) in [5, 5.41) is 1.80. The monoisotopic (exact) mass is 310 g/mol. The van der Waals surface area contributed by atoms with Gasteiger partial charge in [0.1, 0.15) is 11.5 Å². The lowest BCUT2D eigenvalue weighted by Crippen LogP contribution is -2.19. The van der Waals surface area contributed by atoms with Crippen LogP contribution in [0, 0.1) is 0 Å². The topological polar surface area (TPSA) is 66.5 Å². The first kappa shape index (κ1) is 15.0. The Labute approximate surface area is 133 Å². The van der Waals surface area contributed by atoms with Crippen LogP contribution < -0.4 is 20.8 Å². The number of ether oxygens (including phenoxy) is 2. The molecule has 0 saturated carbocycles. The quantitative estimate of drug-likeness (QED) is 0.752. The summed E-state index contributed by atoms with van der Waals surface area (Å²) < 4.78 is 12.2. The van der Waals surface area contributed by atoms with Crippen molar-refractivity contribution in [3.8, 4) is 11.5 Å². The third-order valence-corrected chi connectivity index (χ3v) is 3.80. The second kappa shape index (κ2) is 6.04. The first-order valence-electron chi connectivity index (χ1n) is 7.21. The van der Waals surface area contributed by atoms with Crippen LogP contribution >= 0.6 is 0 Å². The van der Waals surface area contributed by atoms with Gasteiger partial charge in [-0.2, -0.15) is 0 Å². The second-order valence-corrected chi connectivity index (χ2v) is 5.31. The lowest BCUT2D eigenvalue weighted by molar-refractivity contribution is 0.390. The number of nitrogens with zero attached hydrogens (tertiary/aromatic N) is 1. The number of pyridine rings is 1. The van der Waals surface area contributed by atoms with Crippen molar-refractivity contribution < 1.29 is 9.47 Å². The number of benzene rings is 2. The van der Waals surface area contributed by atoms with Gasteiger partial charge in [0.2, 0.25) is 0 Å². The molecule has 5 heteroatoms. The molecule has 118 valence electrons. The maximum absolute atomic E-state index is 12.3. The lowest BCUT2D eigenvalue weighted by atomic mass is 10.1. The lowest BCUT2D eigenvalue weighted by Gasteiger charge is -2.12. The molecule has 0 aliphatic rings. The van der Waals surface area contributed by atoms with Gasteiger partial charge < -0.3 is 19.8 Å². The standard InChI is InChI=1S/C18H18N2O3/c1-22-16-6-4-13(17(9-16)23-2)10-20-11-14-7-15(19)5-3-12(14)8-18(20)21/h3-9,11H,10,19H2,1-2H3. The molecule has 0 saturated heterocycles. The molecular formula is C18H18N2O3. The van der Waals surface area contributed by atoms with Crippen molar-refractivity contribution in [2.75, 3.05) is 20.0 Å². The van der Waals surface area contributed by atoms with E-state index in [9.17, 15) is 4.79 Å². The Hall–Kier alpha value is -2.95. The molecular weight excluding hydrogens is 292 g/mol. The van der Waals surface area contributed by atoms with Crippen LogP contribution in [0.3, 0.4) is 0 Å². The normalized spacial score (nSPS) is 10.7. The molecule has 1 heterocycles. The minimum Gasteiger partial charge on any atom is -0.497 e. The van der Waals surface area contributed by atoms with Crippen molar-refractivity contribution in [3.05, 3.63) is 64.6 Å². The molecule has 5 nitrogen and oxygen atoms in total. The Balaban J connectivity index is 2.04. The second-order valence-electron chi connectivity index (χ2n) is 5.31. The van der Waals surface area contributed by atoms with Crippen LogP contribution in [0.5, 0.6) is 11.5 Å². The number of nitrogens with two attached hydrogens (primary N) is 1. The van der Waals surface area contributed by atoms with E-state index in [4.69, 9.17) is 15.2 Å². The van der Waals surface area contributed by atoms with Crippen molar-refractivity contribution in [1.29, 1.82) is 0 Å². The van der Waals surface area contributed by atoms with Gasteiger partial charge in [0, 0.05) is 35.0 Å². The van der Waals surface area contributed by atoms with E-state index in [1.54, 1.807) is 37.0 Å². The molecule has 1 aromatic heterocycles. The van der Waals surface area contributed by atoms with E-state index >= 15 is 0 Å². The van der Waals surface area contributed by atoms with E-state index in [1.165, 1.54) is 0 Å². The summed E-state index contributed by atoms with van der Waals surface area (Å²) in [6.45, 7) is 0.413. The molecule has 2 aromatic carbocycles. The molecule has 0 aliphatic carbocycles. The van der Waals surface area contributed by atoms with E-state index in [1.807, 2.05) is 30.5 Å². The van der Waals surface area contributed by atoms with Gasteiger partial charge in [0.25, 0.3) is 5.56 Å². The average Bonchev–Trinajstić information content (AvgIpc) is 2.56. The predicted molar refractivity (Wildman–Crippen MR) is 91.3 cm³/mol. The summed E-state index contributed by atoms with van der Waals surface area (Å²) in [7, 11) is 3.20. The third-order valence-electron chi connectivity index (χ3n) is 3.80. The van der Waals surface area contributed by atoms with Crippen LogP contribution in [0.15, 0.2) is 53.5 Å². The molecule has 23 heavy (non-hydrogen) atoms. The van der Waals surface area contributed by atoms with E-state index < -0.39 is 0 Å². The summed E-state index contributed by atoms with van der Waals surface area (Å²) in [5.41, 5.74) is 7.32. The molecule has 0 radical (unpaired) electrons. The molecule has 0 spiro atoms. The molecule has 3 rings (SSSR count). The van der Waals surface area contributed by atoms with E-state index in [0.717, 1.165) is 16.3 Å². The van der Waals surface area contributed by atoms with Crippen LogP contribution in [0.1, 0.15) is 5.56 Å². The molecule has 0 amide bonds. The average molecular weight is 310 g/mol. The van der Waals surface area contributed by atoms with Gasteiger partial charge in [-0.3, -0.25) is 4.79 Å². The number of nitrogen functional groups attached to an aromatic ring is 1. The largest absolute Gasteiger partial charge is 0.497 e. The Kier molecular flexibility index (Phi) is 3.93. The van der Waals surface area contributed by atoms with Gasteiger partial charge in [0.15, 0.2) is 0 Å². The van der Waals surface area contributed by atoms with Crippen LogP contribution in [0.2, 0.25) is 0 Å². The minimum atomic E-state index is -0.0693. The number of hydrogen-bond acceptors (Lipinski definition) is 4. The third kappa shape index (κ3) is 2.99. The summed E-state index contributed by atoms with van der Waals surface area (Å²) in [6, 6.07) is 12.7. The summed E-state index contributed by atoms with van der Waals surface area (Å²) in [6.07, 6.45) is 1.82. The zero-order valence-corrected chi connectivity index (χ0v) is 13.1. The first-order valence-corrected chi connectivity index (χ1v) is 7.21. The molecule has 0 atom stereocenters. The minimum absolute atomic E-state index is 0.0693. The molecule has 0 fully saturated rings. The van der Waals surface area contributed by atoms with Gasteiger partial charge in [-0.25, -0.2) is 0 Å². The smallest absolute Gasteiger partial charge is 0.251 e.